The van der Waals surface area contributed by atoms with Crippen molar-refractivity contribution in [2.24, 2.45) is 0 Å². The molecular formula is C13H17N3. The van der Waals surface area contributed by atoms with Crippen molar-refractivity contribution in [2.45, 2.75) is 6.92 Å². The van der Waals surface area contributed by atoms with Crippen LogP contribution in [0.4, 0.5) is 5.69 Å². The molecule has 0 aromatic heterocycles. The quantitative estimate of drug-likeness (QED) is 0.738. The van der Waals surface area contributed by atoms with Gasteiger partial charge in [0.2, 0.25) is 0 Å². The molecule has 1 saturated heterocycles. The Bertz CT molecular complexity index is 396. The Hall–Kier alpha value is -1.57. The van der Waals surface area contributed by atoms with Crippen molar-refractivity contribution in [1.29, 1.82) is 5.41 Å². The first-order chi connectivity index (χ1) is 7.81. The molecule has 1 aromatic carbocycles. The zero-order valence-corrected chi connectivity index (χ0v) is 9.59. The molecule has 1 aliphatic rings. The van der Waals surface area contributed by atoms with E-state index < -0.39 is 0 Å². The lowest BCUT2D eigenvalue weighted by atomic mass is 10.1. The van der Waals surface area contributed by atoms with E-state index in [1.54, 1.807) is 0 Å². The second-order valence-electron chi connectivity index (χ2n) is 4.03. The van der Waals surface area contributed by atoms with Crippen molar-refractivity contribution in [2.75, 3.05) is 31.1 Å². The summed E-state index contributed by atoms with van der Waals surface area (Å²) in [7, 11) is 0. The lowest BCUT2D eigenvalue weighted by Crippen LogP contribution is -2.43. The average molecular weight is 215 g/mol. The van der Waals surface area contributed by atoms with Gasteiger partial charge in [-0.2, -0.15) is 0 Å². The van der Waals surface area contributed by atoms with Crippen LogP contribution in [0, 0.1) is 5.41 Å². The molecule has 0 unspecified atom stereocenters. The zero-order chi connectivity index (χ0) is 11.4. The number of allylic oxidation sites excluding steroid dienone is 1. The van der Waals surface area contributed by atoms with Gasteiger partial charge in [-0.05, 0) is 30.5 Å². The maximum absolute atomic E-state index is 7.09. The summed E-state index contributed by atoms with van der Waals surface area (Å²) in [6.07, 6.45) is 0. The average Bonchev–Trinajstić information content (AvgIpc) is 2.39. The molecule has 16 heavy (non-hydrogen) atoms. The molecule has 0 spiro atoms. The predicted molar refractivity (Wildman–Crippen MR) is 68.3 cm³/mol. The Morgan fingerprint density at radius 2 is 1.88 bits per heavy atom. The number of benzene rings is 1. The van der Waals surface area contributed by atoms with Crippen molar-refractivity contribution in [1.82, 2.24) is 5.32 Å². The second kappa shape index (κ2) is 4.97. The van der Waals surface area contributed by atoms with E-state index in [9.17, 15) is 0 Å². The summed E-state index contributed by atoms with van der Waals surface area (Å²) in [4.78, 5) is 2.38. The van der Waals surface area contributed by atoms with E-state index >= 15 is 0 Å². The van der Waals surface area contributed by atoms with E-state index in [-0.39, 0.29) is 0 Å². The first kappa shape index (κ1) is 10.9. The normalized spacial score (nSPS) is 15.7. The third-order valence-electron chi connectivity index (χ3n) is 2.97. The minimum atomic E-state index is 0.881. The molecule has 0 radical (unpaired) electrons. The fraction of sp³-hybridized carbons (Fsp3) is 0.385. The third-order valence-corrected chi connectivity index (χ3v) is 2.97. The maximum Gasteiger partial charge on any atom is 0.0367 e. The number of nitrogens with zero attached hydrogens (tertiary/aromatic N) is 1. The topological polar surface area (TPSA) is 39.1 Å². The summed E-state index contributed by atoms with van der Waals surface area (Å²) in [5.41, 5.74) is 3.23. The van der Waals surface area contributed by atoms with Crippen molar-refractivity contribution >= 4 is 17.1 Å². The Morgan fingerprint density at radius 3 is 2.44 bits per heavy atom. The van der Waals surface area contributed by atoms with Crippen LogP contribution in [-0.4, -0.2) is 32.0 Å². The molecule has 0 saturated carbocycles. The van der Waals surface area contributed by atoms with Crippen molar-refractivity contribution in [3.63, 3.8) is 0 Å². The lowest BCUT2D eigenvalue weighted by molar-refractivity contribution is 0.589. The van der Waals surface area contributed by atoms with Gasteiger partial charge >= 0.3 is 0 Å². The summed E-state index contributed by atoms with van der Waals surface area (Å²) < 4.78 is 0. The largest absolute Gasteiger partial charge is 0.369 e. The van der Waals surface area contributed by atoms with E-state index in [0.717, 1.165) is 37.3 Å². The predicted octanol–water partition coefficient (Wildman–Crippen LogP) is 1.75. The highest BCUT2D eigenvalue weighted by Crippen LogP contribution is 2.18. The molecule has 2 rings (SSSR count). The van der Waals surface area contributed by atoms with Gasteiger partial charge in [-0.3, -0.25) is 5.41 Å². The molecule has 0 atom stereocenters. The third kappa shape index (κ3) is 2.32. The summed E-state index contributed by atoms with van der Waals surface area (Å²) >= 11 is 0. The minimum Gasteiger partial charge on any atom is -0.369 e. The fourth-order valence-corrected chi connectivity index (χ4v) is 1.92. The molecule has 0 amide bonds. The monoisotopic (exact) mass is 215 g/mol. The van der Waals surface area contributed by atoms with E-state index in [0.29, 0.717) is 0 Å². The molecular weight excluding hydrogens is 198 g/mol. The summed E-state index contributed by atoms with van der Waals surface area (Å²) in [6, 6.07) is 8.38. The second-order valence-corrected chi connectivity index (χ2v) is 4.03. The maximum atomic E-state index is 7.09. The standard InChI is InChI=1S/C13H17N3/c1-11(10-14)12-2-4-13(5-3-12)16-8-6-15-7-9-16/h2-5,14-15H,6-9H2,1H3. The molecule has 1 aliphatic heterocycles. The zero-order valence-electron chi connectivity index (χ0n) is 9.59. The van der Waals surface area contributed by atoms with Crippen LogP contribution in [0.3, 0.4) is 0 Å². The van der Waals surface area contributed by atoms with Crippen LogP contribution >= 0.6 is 0 Å². The van der Waals surface area contributed by atoms with E-state index in [1.807, 2.05) is 6.92 Å². The van der Waals surface area contributed by atoms with Crippen LogP contribution in [0.1, 0.15) is 12.5 Å². The number of piperazine rings is 1. The van der Waals surface area contributed by atoms with Crippen LogP contribution in [0.25, 0.3) is 5.57 Å². The van der Waals surface area contributed by atoms with Gasteiger partial charge in [0.05, 0.1) is 0 Å². The lowest BCUT2D eigenvalue weighted by Gasteiger charge is -2.29. The van der Waals surface area contributed by atoms with Crippen molar-refractivity contribution in [3.8, 4) is 0 Å². The van der Waals surface area contributed by atoms with E-state index in [1.165, 1.54) is 5.69 Å². The summed E-state index contributed by atoms with van der Waals surface area (Å²) in [6.45, 7) is 6.16. The number of hydrogen-bond acceptors (Lipinski definition) is 3. The van der Waals surface area contributed by atoms with Gasteiger partial charge in [-0.15, -0.1) is 0 Å². The first-order valence-corrected chi connectivity index (χ1v) is 5.63. The van der Waals surface area contributed by atoms with Crippen LogP contribution in [0.15, 0.2) is 24.3 Å². The molecule has 0 aliphatic carbocycles. The van der Waals surface area contributed by atoms with Gasteiger partial charge in [0.1, 0.15) is 0 Å². The molecule has 1 aromatic rings. The van der Waals surface area contributed by atoms with Crippen LogP contribution in [0.2, 0.25) is 0 Å². The summed E-state index contributed by atoms with van der Waals surface area (Å²) in [5.74, 6) is 2.42. The summed E-state index contributed by atoms with van der Waals surface area (Å²) in [5, 5.41) is 10.4. The smallest absolute Gasteiger partial charge is 0.0367 e. The number of hydrogen-bond donors (Lipinski definition) is 2. The Labute approximate surface area is 96.3 Å². The van der Waals surface area contributed by atoms with Gasteiger partial charge in [0.25, 0.3) is 0 Å². The molecule has 84 valence electrons. The molecule has 0 bridgehead atoms. The highest BCUT2D eigenvalue weighted by molar-refractivity contribution is 5.87. The molecule has 1 fully saturated rings. The van der Waals surface area contributed by atoms with Gasteiger partial charge in [0, 0.05) is 37.4 Å². The van der Waals surface area contributed by atoms with E-state index in [4.69, 9.17) is 5.41 Å². The van der Waals surface area contributed by atoms with Crippen LogP contribution in [0.5, 0.6) is 0 Å². The highest BCUT2D eigenvalue weighted by atomic mass is 15.2. The molecule has 2 N–H and O–H groups in total. The van der Waals surface area contributed by atoms with Gasteiger partial charge in [0.15, 0.2) is 0 Å². The Balaban J connectivity index is 2.15. The molecule has 1 heterocycles. The van der Waals surface area contributed by atoms with Crippen LogP contribution < -0.4 is 10.2 Å². The van der Waals surface area contributed by atoms with E-state index in [2.05, 4.69) is 40.4 Å². The number of rotatable bonds is 2. The Kier molecular flexibility index (Phi) is 3.40. The SMILES string of the molecule is CC(=C=N)c1ccc(N2CCNCC2)cc1. The number of anilines is 1. The first-order valence-electron chi connectivity index (χ1n) is 5.63. The van der Waals surface area contributed by atoms with Crippen molar-refractivity contribution < 1.29 is 0 Å². The van der Waals surface area contributed by atoms with Gasteiger partial charge < -0.3 is 10.2 Å². The fourth-order valence-electron chi connectivity index (χ4n) is 1.92. The Morgan fingerprint density at radius 1 is 1.25 bits per heavy atom. The van der Waals surface area contributed by atoms with Gasteiger partial charge in [-0.1, -0.05) is 12.1 Å². The van der Waals surface area contributed by atoms with Gasteiger partial charge in [-0.25, -0.2) is 0 Å². The number of nitrogens with one attached hydrogen (secondary N) is 2. The minimum absolute atomic E-state index is 0.881. The highest BCUT2D eigenvalue weighted by Gasteiger charge is 2.09. The molecule has 3 heteroatoms. The van der Waals surface area contributed by atoms with Crippen LogP contribution in [-0.2, 0) is 0 Å². The molecule has 3 nitrogen and oxygen atoms in total. The van der Waals surface area contributed by atoms with Crippen molar-refractivity contribution in [3.05, 3.63) is 29.8 Å².